The lowest BCUT2D eigenvalue weighted by molar-refractivity contribution is -0.875. The SMILES string of the molecule is Cc1cc(C[N+]2(C(=O)COC(=O)N3CCC(N4CCc5ccccc5NC4=O)CC3)CCC(C)(N3CCOCC3)CC2)cc(C)c1O. The van der Waals surface area contributed by atoms with Gasteiger partial charge in [0.05, 0.1) is 26.3 Å². The second-order valence-electron chi connectivity index (χ2n) is 14.1. The molecule has 4 aliphatic heterocycles. The number of fused-ring (bicyclic) bond motifs is 1. The van der Waals surface area contributed by atoms with Crippen molar-refractivity contribution in [3.8, 4) is 5.75 Å². The van der Waals surface area contributed by atoms with Gasteiger partial charge < -0.3 is 29.7 Å². The number of hydrogen-bond donors (Lipinski definition) is 2. The Balaban J connectivity index is 1.07. The normalized spacial score (nSPS) is 25.9. The molecule has 0 atom stereocenters. The second kappa shape index (κ2) is 13.8. The van der Waals surface area contributed by atoms with Gasteiger partial charge in [-0.05, 0) is 74.9 Å². The van der Waals surface area contributed by atoms with Gasteiger partial charge in [0.1, 0.15) is 12.3 Å². The van der Waals surface area contributed by atoms with Crippen molar-refractivity contribution in [1.82, 2.24) is 14.7 Å². The molecular formula is C36H50N5O6+. The summed E-state index contributed by atoms with van der Waals surface area (Å²) < 4.78 is 11.5. The van der Waals surface area contributed by atoms with Crippen LogP contribution in [0.15, 0.2) is 36.4 Å². The van der Waals surface area contributed by atoms with Crippen LogP contribution in [-0.2, 0) is 27.2 Å². The van der Waals surface area contributed by atoms with Crippen molar-refractivity contribution in [3.63, 3.8) is 0 Å². The van der Waals surface area contributed by atoms with Crippen LogP contribution in [-0.4, -0.2) is 120 Å². The Bertz CT molecular complexity index is 1450. The highest BCUT2D eigenvalue weighted by atomic mass is 16.6. The molecule has 0 radical (unpaired) electrons. The highest BCUT2D eigenvalue weighted by Crippen LogP contribution is 2.35. The minimum Gasteiger partial charge on any atom is -0.507 e. The van der Waals surface area contributed by atoms with E-state index >= 15 is 0 Å². The molecule has 2 aromatic rings. The van der Waals surface area contributed by atoms with E-state index in [0.29, 0.717) is 52.1 Å². The topological polar surface area (TPSA) is 112 Å². The molecule has 0 aliphatic carbocycles. The van der Waals surface area contributed by atoms with E-state index in [-0.39, 0.29) is 40.4 Å². The van der Waals surface area contributed by atoms with Crippen LogP contribution in [0.25, 0.3) is 0 Å². The number of rotatable bonds is 6. The summed E-state index contributed by atoms with van der Waals surface area (Å²) in [5.41, 5.74) is 4.55. The summed E-state index contributed by atoms with van der Waals surface area (Å²) in [5, 5.41) is 13.4. The number of aromatic hydroxyl groups is 1. The van der Waals surface area contributed by atoms with Gasteiger partial charge in [0.25, 0.3) is 0 Å². The number of morpholine rings is 1. The summed E-state index contributed by atoms with van der Waals surface area (Å²) in [6.07, 6.45) is 3.33. The summed E-state index contributed by atoms with van der Waals surface area (Å²) in [6.45, 7) is 12.4. The molecule has 0 saturated carbocycles. The van der Waals surface area contributed by atoms with Crippen LogP contribution in [0.1, 0.15) is 54.9 Å². The fourth-order valence-electron chi connectivity index (χ4n) is 8.00. The number of hydrogen-bond acceptors (Lipinski definition) is 7. The lowest BCUT2D eigenvalue weighted by Crippen LogP contribution is -2.64. The molecule has 4 aliphatic rings. The van der Waals surface area contributed by atoms with E-state index in [0.717, 1.165) is 73.5 Å². The number of quaternary nitrogens is 1. The molecule has 2 N–H and O–H groups in total. The minimum atomic E-state index is -0.478. The summed E-state index contributed by atoms with van der Waals surface area (Å²) in [7, 11) is 0. The van der Waals surface area contributed by atoms with Crippen LogP contribution in [0.2, 0.25) is 0 Å². The number of nitrogens with zero attached hydrogens (tertiary/aromatic N) is 4. The number of piperidine rings is 2. The Hall–Kier alpha value is -3.67. The maximum atomic E-state index is 14.1. The zero-order chi connectivity index (χ0) is 33.2. The number of amides is 4. The number of ether oxygens (including phenoxy) is 2. The highest BCUT2D eigenvalue weighted by molar-refractivity contribution is 5.91. The molecule has 2 aromatic carbocycles. The van der Waals surface area contributed by atoms with Crippen molar-refractivity contribution in [1.29, 1.82) is 0 Å². The summed E-state index contributed by atoms with van der Waals surface area (Å²) in [4.78, 5) is 46.4. The number of benzene rings is 2. The Morgan fingerprint density at radius 1 is 1.02 bits per heavy atom. The molecule has 3 fully saturated rings. The van der Waals surface area contributed by atoms with Gasteiger partial charge in [-0.15, -0.1) is 0 Å². The second-order valence-corrected chi connectivity index (χ2v) is 14.1. The smallest absolute Gasteiger partial charge is 0.410 e. The molecule has 0 bridgehead atoms. The first-order valence-electron chi connectivity index (χ1n) is 17.2. The number of anilines is 1. The molecule has 4 heterocycles. The van der Waals surface area contributed by atoms with E-state index in [9.17, 15) is 19.5 Å². The molecule has 254 valence electrons. The molecule has 0 aromatic heterocycles. The maximum Gasteiger partial charge on any atom is 0.410 e. The number of carbonyl (C=O) groups is 3. The number of para-hydroxylation sites is 1. The third-order valence-corrected chi connectivity index (χ3v) is 11.1. The van der Waals surface area contributed by atoms with E-state index in [1.807, 2.05) is 55.1 Å². The van der Waals surface area contributed by atoms with Crippen molar-refractivity contribution >= 4 is 23.7 Å². The molecule has 0 unspecified atom stereocenters. The van der Waals surface area contributed by atoms with E-state index < -0.39 is 6.09 Å². The van der Waals surface area contributed by atoms with Gasteiger partial charge in [-0.3, -0.25) is 9.38 Å². The first-order valence-corrected chi connectivity index (χ1v) is 17.2. The molecule has 4 amide bonds. The lowest BCUT2D eigenvalue weighted by Gasteiger charge is -2.50. The number of nitrogens with one attached hydrogen (secondary N) is 1. The zero-order valence-corrected chi connectivity index (χ0v) is 28.1. The third kappa shape index (κ3) is 7.12. The number of likely N-dealkylation sites (tertiary alicyclic amines) is 2. The van der Waals surface area contributed by atoms with E-state index in [1.165, 1.54) is 0 Å². The largest absolute Gasteiger partial charge is 0.507 e. The fourth-order valence-corrected chi connectivity index (χ4v) is 8.00. The number of carbonyl (C=O) groups excluding carboxylic acids is 3. The maximum absolute atomic E-state index is 14.1. The van der Waals surface area contributed by atoms with Crippen LogP contribution in [0.5, 0.6) is 5.75 Å². The Morgan fingerprint density at radius 2 is 1.68 bits per heavy atom. The lowest BCUT2D eigenvalue weighted by atomic mass is 9.85. The van der Waals surface area contributed by atoms with Gasteiger partial charge in [-0.25, -0.2) is 14.4 Å². The van der Waals surface area contributed by atoms with Crippen LogP contribution < -0.4 is 5.32 Å². The van der Waals surface area contributed by atoms with Gasteiger partial charge in [0.15, 0.2) is 0 Å². The van der Waals surface area contributed by atoms with Crippen molar-refractivity contribution in [2.24, 2.45) is 0 Å². The quantitative estimate of drug-likeness (QED) is 0.446. The van der Waals surface area contributed by atoms with Crippen molar-refractivity contribution in [2.75, 3.05) is 71.0 Å². The number of phenols is 1. The van der Waals surface area contributed by atoms with Crippen molar-refractivity contribution < 1.29 is 33.4 Å². The van der Waals surface area contributed by atoms with Gasteiger partial charge >= 0.3 is 18.0 Å². The fraction of sp³-hybridized carbons (Fsp3) is 0.583. The highest BCUT2D eigenvalue weighted by Gasteiger charge is 2.48. The summed E-state index contributed by atoms with van der Waals surface area (Å²) in [6, 6.07) is 11.8. The molecular weight excluding hydrogens is 598 g/mol. The molecule has 6 rings (SSSR count). The Labute approximate surface area is 278 Å². The predicted octanol–water partition coefficient (Wildman–Crippen LogP) is 4.43. The van der Waals surface area contributed by atoms with Gasteiger partial charge in [-0.1, -0.05) is 18.2 Å². The average molecular weight is 649 g/mol. The van der Waals surface area contributed by atoms with E-state index in [1.54, 1.807) is 4.90 Å². The molecule has 47 heavy (non-hydrogen) atoms. The molecule has 11 heteroatoms. The first kappa shape index (κ1) is 33.2. The van der Waals surface area contributed by atoms with Gasteiger partial charge in [0, 0.05) is 68.4 Å². The molecule has 11 nitrogen and oxygen atoms in total. The predicted molar refractivity (Wildman–Crippen MR) is 178 cm³/mol. The standard InChI is InChI=1S/C36H49N5O6/c1-26-22-28(23-27(2)33(26)43)24-41(18-11-36(3,12-19-41)39-16-20-46-21-17-39)32(42)25-47-35(45)38-13-9-30(10-14-38)40-15-8-29-6-4-5-7-31(29)37-34(40)44/h4-7,22-23,30H,8-21,24-25H2,1-3H3,(H-,37,43,44)/p+1. The molecule has 3 saturated heterocycles. The minimum absolute atomic E-state index is 0.0132. The van der Waals surface area contributed by atoms with Crippen LogP contribution in [0, 0.1) is 13.8 Å². The van der Waals surface area contributed by atoms with Crippen LogP contribution >= 0.6 is 0 Å². The van der Waals surface area contributed by atoms with Crippen LogP contribution in [0.3, 0.4) is 0 Å². The monoisotopic (exact) mass is 648 g/mol. The van der Waals surface area contributed by atoms with Gasteiger partial charge in [-0.2, -0.15) is 0 Å². The van der Waals surface area contributed by atoms with E-state index in [4.69, 9.17) is 9.47 Å². The number of urea groups is 1. The van der Waals surface area contributed by atoms with Crippen LogP contribution in [0.4, 0.5) is 15.3 Å². The summed E-state index contributed by atoms with van der Waals surface area (Å²) in [5.74, 6) is 0.186. The molecule has 0 spiro atoms. The van der Waals surface area contributed by atoms with Crippen molar-refractivity contribution in [2.45, 2.75) is 71.0 Å². The third-order valence-electron chi connectivity index (χ3n) is 11.1. The average Bonchev–Trinajstić information content (AvgIpc) is 3.25. The van der Waals surface area contributed by atoms with Crippen molar-refractivity contribution in [3.05, 3.63) is 58.7 Å². The Morgan fingerprint density at radius 3 is 2.36 bits per heavy atom. The summed E-state index contributed by atoms with van der Waals surface area (Å²) >= 11 is 0. The number of aryl methyl sites for hydroxylation is 2. The van der Waals surface area contributed by atoms with Gasteiger partial charge in [0.2, 0.25) is 6.61 Å². The number of phenolic OH excluding ortho intramolecular Hbond substituents is 1. The zero-order valence-electron chi connectivity index (χ0n) is 28.1. The first-order chi connectivity index (χ1) is 22.6. The van der Waals surface area contributed by atoms with E-state index in [2.05, 4.69) is 17.1 Å². The Kier molecular flexibility index (Phi) is 9.77.